The van der Waals surface area contributed by atoms with Crippen molar-refractivity contribution in [2.24, 2.45) is 0 Å². The minimum absolute atomic E-state index is 0.532. The predicted octanol–water partition coefficient (Wildman–Crippen LogP) is 4.08. The van der Waals surface area contributed by atoms with Crippen molar-refractivity contribution < 1.29 is 14.2 Å². The highest BCUT2D eigenvalue weighted by molar-refractivity contribution is 5.43. The first kappa shape index (κ1) is 19.8. The average Bonchev–Trinajstić information content (AvgIpc) is 2.66. The SMILES string of the molecule is C=CCc1ccc(OCCOCCN(C)C2CCCCC2)c(OC)c1. The van der Waals surface area contributed by atoms with Crippen LogP contribution >= 0.6 is 0 Å². The molecule has 1 fully saturated rings. The number of nitrogens with zero attached hydrogens (tertiary/aromatic N) is 1. The molecular weight excluding hydrogens is 314 g/mol. The van der Waals surface area contributed by atoms with Gasteiger partial charge < -0.3 is 19.1 Å². The highest BCUT2D eigenvalue weighted by Gasteiger charge is 2.17. The van der Waals surface area contributed by atoms with Crippen molar-refractivity contribution >= 4 is 0 Å². The molecule has 140 valence electrons. The predicted molar refractivity (Wildman–Crippen MR) is 103 cm³/mol. The number of ether oxygens (including phenoxy) is 3. The van der Waals surface area contributed by atoms with E-state index in [2.05, 4.69) is 18.5 Å². The van der Waals surface area contributed by atoms with E-state index in [1.807, 2.05) is 24.3 Å². The molecule has 4 heteroatoms. The molecule has 0 aromatic heterocycles. The number of benzene rings is 1. The standard InChI is InChI=1S/C21H33NO3/c1-4-8-18-11-12-20(21(17-18)23-3)25-16-15-24-14-13-22(2)19-9-6-5-7-10-19/h4,11-12,17,19H,1,5-10,13-16H2,2-3H3. The van der Waals surface area contributed by atoms with E-state index in [0.717, 1.165) is 37.1 Å². The van der Waals surface area contributed by atoms with Gasteiger partial charge in [0.15, 0.2) is 11.5 Å². The molecule has 0 amide bonds. The van der Waals surface area contributed by atoms with Crippen molar-refractivity contribution in [2.75, 3.05) is 40.5 Å². The van der Waals surface area contributed by atoms with Gasteiger partial charge in [-0.15, -0.1) is 6.58 Å². The molecule has 0 atom stereocenters. The Balaban J connectivity index is 1.63. The quantitative estimate of drug-likeness (QED) is 0.446. The summed E-state index contributed by atoms with van der Waals surface area (Å²) in [6.07, 6.45) is 9.52. The maximum Gasteiger partial charge on any atom is 0.161 e. The van der Waals surface area contributed by atoms with Crippen molar-refractivity contribution in [2.45, 2.75) is 44.6 Å². The number of allylic oxidation sites excluding steroid dienone is 1. The van der Waals surface area contributed by atoms with Crippen LogP contribution in [0.1, 0.15) is 37.7 Å². The van der Waals surface area contributed by atoms with Crippen LogP contribution in [0.15, 0.2) is 30.9 Å². The Kier molecular flexibility index (Phi) is 8.84. The molecule has 4 nitrogen and oxygen atoms in total. The topological polar surface area (TPSA) is 30.9 Å². The van der Waals surface area contributed by atoms with E-state index >= 15 is 0 Å². The third kappa shape index (κ3) is 6.71. The Morgan fingerprint density at radius 3 is 2.64 bits per heavy atom. The Morgan fingerprint density at radius 2 is 1.92 bits per heavy atom. The van der Waals surface area contributed by atoms with Gasteiger partial charge in [0.2, 0.25) is 0 Å². The Hall–Kier alpha value is -1.52. The number of likely N-dealkylation sites (N-methyl/N-ethyl adjacent to an activating group) is 1. The summed E-state index contributed by atoms with van der Waals surface area (Å²) < 4.78 is 16.9. The molecule has 0 saturated heterocycles. The molecule has 1 aliphatic rings. The van der Waals surface area contributed by atoms with Gasteiger partial charge in [0.25, 0.3) is 0 Å². The molecular formula is C21H33NO3. The van der Waals surface area contributed by atoms with Crippen LogP contribution in [0.5, 0.6) is 11.5 Å². The molecule has 25 heavy (non-hydrogen) atoms. The van der Waals surface area contributed by atoms with E-state index < -0.39 is 0 Å². The van der Waals surface area contributed by atoms with Crippen LogP contribution in [0.4, 0.5) is 0 Å². The zero-order valence-electron chi connectivity index (χ0n) is 15.8. The lowest BCUT2D eigenvalue weighted by Gasteiger charge is -2.31. The summed E-state index contributed by atoms with van der Waals surface area (Å²) in [5.74, 6) is 1.52. The Labute approximate surface area is 152 Å². The summed E-state index contributed by atoms with van der Waals surface area (Å²) in [5.41, 5.74) is 1.17. The fourth-order valence-corrected chi connectivity index (χ4v) is 3.35. The smallest absolute Gasteiger partial charge is 0.161 e. The monoisotopic (exact) mass is 347 g/mol. The normalized spacial score (nSPS) is 15.3. The number of rotatable bonds is 11. The molecule has 0 bridgehead atoms. The molecule has 1 aromatic rings. The average molecular weight is 347 g/mol. The highest BCUT2D eigenvalue weighted by atomic mass is 16.5. The van der Waals surface area contributed by atoms with Crippen molar-refractivity contribution in [3.63, 3.8) is 0 Å². The molecule has 0 aliphatic heterocycles. The minimum atomic E-state index is 0.532. The lowest BCUT2D eigenvalue weighted by atomic mass is 9.94. The highest BCUT2D eigenvalue weighted by Crippen LogP contribution is 2.28. The zero-order chi connectivity index (χ0) is 17.9. The van der Waals surface area contributed by atoms with E-state index in [1.54, 1.807) is 7.11 Å². The second-order valence-electron chi connectivity index (χ2n) is 6.71. The van der Waals surface area contributed by atoms with Crippen LogP contribution in [0.3, 0.4) is 0 Å². The molecule has 1 aliphatic carbocycles. The van der Waals surface area contributed by atoms with Gasteiger partial charge in [0, 0.05) is 12.6 Å². The van der Waals surface area contributed by atoms with Crippen LogP contribution in [0.2, 0.25) is 0 Å². The Morgan fingerprint density at radius 1 is 1.12 bits per heavy atom. The first-order valence-corrected chi connectivity index (χ1v) is 9.43. The van der Waals surface area contributed by atoms with Crippen molar-refractivity contribution in [3.8, 4) is 11.5 Å². The second-order valence-corrected chi connectivity index (χ2v) is 6.71. The van der Waals surface area contributed by atoms with Gasteiger partial charge >= 0.3 is 0 Å². The summed E-state index contributed by atoms with van der Waals surface area (Å²) in [5, 5.41) is 0. The van der Waals surface area contributed by atoms with Crippen molar-refractivity contribution in [3.05, 3.63) is 36.4 Å². The molecule has 1 aromatic carbocycles. The number of methoxy groups -OCH3 is 1. The van der Waals surface area contributed by atoms with Gasteiger partial charge in [-0.2, -0.15) is 0 Å². The fourth-order valence-electron chi connectivity index (χ4n) is 3.35. The fraction of sp³-hybridized carbons (Fsp3) is 0.619. The lowest BCUT2D eigenvalue weighted by molar-refractivity contribution is 0.0702. The molecule has 0 spiro atoms. The Bertz CT molecular complexity index is 512. The molecule has 0 heterocycles. The molecule has 2 rings (SSSR count). The minimum Gasteiger partial charge on any atom is -0.493 e. The summed E-state index contributed by atoms with van der Waals surface area (Å²) in [4.78, 5) is 2.45. The van der Waals surface area contributed by atoms with Gasteiger partial charge in [-0.05, 0) is 44.0 Å². The number of hydrogen-bond acceptors (Lipinski definition) is 4. The second kappa shape index (κ2) is 11.2. The molecule has 0 N–H and O–H groups in total. The van der Waals surface area contributed by atoms with E-state index in [9.17, 15) is 0 Å². The van der Waals surface area contributed by atoms with Crippen LogP contribution in [-0.2, 0) is 11.2 Å². The molecule has 1 saturated carbocycles. The van der Waals surface area contributed by atoms with Gasteiger partial charge in [0.05, 0.1) is 20.3 Å². The first-order chi connectivity index (χ1) is 12.2. The number of hydrogen-bond donors (Lipinski definition) is 0. The zero-order valence-corrected chi connectivity index (χ0v) is 15.8. The van der Waals surface area contributed by atoms with Crippen LogP contribution in [0, 0.1) is 0 Å². The van der Waals surface area contributed by atoms with Crippen LogP contribution in [0.25, 0.3) is 0 Å². The summed E-state index contributed by atoms with van der Waals surface area (Å²) in [6.45, 7) is 6.63. The van der Waals surface area contributed by atoms with Gasteiger partial charge in [-0.3, -0.25) is 0 Å². The van der Waals surface area contributed by atoms with E-state index in [4.69, 9.17) is 14.2 Å². The summed E-state index contributed by atoms with van der Waals surface area (Å²) >= 11 is 0. The van der Waals surface area contributed by atoms with Crippen LogP contribution < -0.4 is 9.47 Å². The summed E-state index contributed by atoms with van der Waals surface area (Å²) in [6, 6.07) is 6.73. The molecule has 0 radical (unpaired) electrons. The van der Waals surface area contributed by atoms with Gasteiger partial charge in [0.1, 0.15) is 6.61 Å². The lowest BCUT2D eigenvalue weighted by Crippen LogP contribution is -2.35. The maximum atomic E-state index is 5.80. The maximum absolute atomic E-state index is 5.80. The molecule has 0 unspecified atom stereocenters. The third-order valence-electron chi connectivity index (χ3n) is 4.88. The van der Waals surface area contributed by atoms with E-state index in [1.165, 1.54) is 37.7 Å². The van der Waals surface area contributed by atoms with Crippen molar-refractivity contribution in [1.29, 1.82) is 0 Å². The largest absolute Gasteiger partial charge is 0.493 e. The van der Waals surface area contributed by atoms with E-state index in [-0.39, 0.29) is 0 Å². The van der Waals surface area contributed by atoms with Crippen molar-refractivity contribution in [1.82, 2.24) is 4.90 Å². The van der Waals surface area contributed by atoms with E-state index in [0.29, 0.717) is 13.2 Å². The van der Waals surface area contributed by atoms with Crippen LogP contribution in [-0.4, -0.2) is 51.5 Å². The third-order valence-corrected chi connectivity index (χ3v) is 4.88. The van der Waals surface area contributed by atoms with Gasteiger partial charge in [-0.1, -0.05) is 31.4 Å². The first-order valence-electron chi connectivity index (χ1n) is 9.43. The summed E-state index contributed by atoms with van der Waals surface area (Å²) in [7, 11) is 3.88. The van der Waals surface area contributed by atoms with Gasteiger partial charge in [-0.25, -0.2) is 0 Å².